The van der Waals surface area contributed by atoms with E-state index in [1.54, 1.807) is 13.0 Å². The lowest BCUT2D eigenvalue weighted by molar-refractivity contribution is 0.0911. The Kier molecular flexibility index (Phi) is 2.86. The molecule has 1 saturated heterocycles. The van der Waals surface area contributed by atoms with Gasteiger partial charge in [-0.3, -0.25) is 4.79 Å². The Labute approximate surface area is 117 Å². The highest BCUT2D eigenvalue weighted by molar-refractivity contribution is 7.91. The van der Waals surface area contributed by atoms with E-state index < -0.39 is 15.4 Å². The smallest absolute Gasteiger partial charge is 0.268 e. The molecule has 106 valence electrons. The zero-order valence-corrected chi connectivity index (χ0v) is 12.0. The van der Waals surface area contributed by atoms with Crippen LogP contribution >= 0.6 is 0 Å². The average Bonchev–Trinajstić information content (AvgIpc) is 2.90. The van der Waals surface area contributed by atoms with Crippen molar-refractivity contribution in [1.82, 2.24) is 10.3 Å². The van der Waals surface area contributed by atoms with Crippen molar-refractivity contribution in [2.24, 2.45) is 0 Å². The Morgan fingerprint density at radius 3 is 2.75 bits per heavy atom. The molecule has 2 aromatic rings. The second-order valence-corrected chi connectivity index (χ2v) is 7.81. The van der Waals surface area contributed by atoms with Gasteiger partial charge in [-0.2, -0.15) is 0 Å². The summed E-state index contributed by atoms with van der Waals surface area (Å²) in [6, 6.07) is 9.39. The first-order valence-electron chi connectivity index (χ1n) is 6.48. The largest absolute Gasteiger partial charge is 0.351 e. The molecule has 2 heterocycles. The van der Waals surface area contributed by atoms with Crippen LogP contribution in [0.15, 0.2) is 30.3 Å². The molecule has 1 aliphatic rings. The molecule has 3 rings (SSSR count). The van der Waals surface area contributed by atoms with Gasteiger partial charge in [-0.1, -0.05) is 18.2 Å². The summed E-state index contributed by atoms with van der Waals surface area (Å²) in [5.74, 6) is -0.122. The maximum absolute atomic E-state index is 12.2. The van der Waals surface area contributed by atoms with E-state index in [9.17, 15) is 13.2 Å². The minimum Gasteiger partial charge on any atom is -0.351 e. The highest BCUT2D eigenvalue weighted by atomic mass is 32.2. The maximum atomic E-state index is 12.2. The van der Waals surface area contributed by atoms with Crippen LogP contribution in [0.1, 0.15) is 23.8 Å². The van der Waals surface area contributed by atoms with Crippen LogP contribution in [0.3, 0.4) is 0 Å². The molecule has 0 spiro atoms. The van der Waals surface area contributed by atoms with Crippen LogP contribution in [0.4, 0.5) is 0 Å². The third kappa shape index (κ3) is 2.43. The van der Waals surface area contributed by atoms with Gasteiger partial charge in [0.25, 0.3) is 5.91 Å². The molecule has 20 heavy (non-hydrogen) atoms. The summed E-state index contributed by atoms with van der Waals surface area (Å²) in [6.07, 6.45) is 0.460. The number of carbonyl (C=O) groups is 1. The summed E-state index contributed by atoms with van der Waals surface area (Å²) in [6.45, 7) is 1.78. The Balaban J connectivity index is 1.83. The summed E-state index contributed by atoms with van der Waals surface area (Å²) < 4.78 is 23.1. The summed E-state index contributed by atoms with van der Waals surface area (Å²) >= 11 is 0. The molecule has 1 amide bonds. The van der Waals surface area contributed by atoms with Crippen molar-refractivity contribution in [1.29, 1.82) is 0 Å². The van der Waals surface area contributed by atoms with Crippen molar-refractivity contribution in [3.63, 3.8) is 0 Å². The van der Waals surface area contributed by atoms with Crippen LogP contribution < -0.4 is 5.32 Å². The SMILES string of the molecule is CC1(NC(=O)c2cc3ccccc3[nH]2)CCS(=O)(=O)C1. The summed E-state index contributed by atoms with van der Waals surface area (Å²) in [4.78, 5) is 15.3. The molecule has 1 atom stereocenters. The van der Waals surface area contributed by atoms with Gasteiger partial charge in [0.05, 0.1) is 17.0 Å². The van der Waals surface area contributed by atoms with Gasteiger partial charge in [0.15, 0.2) is 9.84 Å². The number of benzene rings is 1. The number of para-hydroxylation sites is 1. The maximum Gasteiger partial charge on any atom is 0.268 e. The van der Waals surface area contributed by atoms with E-state index in [-0.39, 0.29) is 17.4 Å². The third-order valence-corrected chi connectivity index (χ3v) is 5.60. The molecule has 1 aromatic carbocycles. The number of aromatic amines is 1. The normalized spacial score (nSPS) is 24.9. The van der Waals surface area contributed by atoms with E-state index in [1.807, 2.05) is 24.3 Å². The zero-order chi connectivity index (χ0) is 14.4. The molecule has 0 aliphatic carbocycles. The molecular formula is C14H16N2O3S. The summed E-state index contributed by atoms with van der Waals surface area (Å²) in [5, 5.41) is 3.80. The van der Waals surface area contributed by atoms with E-state index in [4.69, 9.17) is 0 Å². The minimum absolute atomic E-state index is 0.00592. The number of sulfone groups is 1. The molecule has 0 radical (unpaired) electrons. The van der Waals surface area contributed by atoms with Gasteiger partial charge in [-0.15, -0.1) is 0 Å². The highest BCUT2D eigenvalue weighted by Crippen LogP contribution is 2.23. The van der Waals surface area contributed by atoms with Gasteiger partial charge in [-0.05, 0) is 25.5 Å². The van der Waals surface area contributed by atoms with Gasteiger partial charge in [-0.25, -0.2) is 8.42 Å². The number of nitrogens with one attached hydrogen (secondary N) is 2. The zero-order valence-electron chi connectivity index (χ0n) is 11.1. The molecule has 0 saturated carbocycles. The van der Waals surface area contributed by atoms with Gasteiger partial charge in [0.2, 0.25) is 0 Å². The van der Waals surface area contributed by atoms with Gasteiger partial charge < -0.3 is 10.3 Å². The van der Waals surface area contributed by atoms with E-state index >= 15 is 0 Å². The highest BCUT2D eigenvalue weighted by Gasteiger charge is 2.39. The monoisotopic (exact) mass is 292 g/mol. The number of rotatable bonds is 2. The van der Waals surface area contributed by atoms with Crippen molar-refractivity contribution >= 4 is 26.6 Å². The lowest BCUT2D eigenvalue weighted by atomic mass is 10.0. The Hall–Kier alpha value is -1.82. The van der Waals surface area contributed by atoms with Crippen molar-refractivity contribution in [2.75, 3.05) is 11.5 Å². The Morgan fingerprint density at radius 1 is 1.35 bits per heavy atom. The van der Waals surface area contributed by atoms with E-state index in [0.717, 1.165) is 10.9 Å². The number of carbonyl (C=O) groups excluding carboxylic acids is 1. The number of aromatic nitrogens is 1. The fourth-order valence-electron chi connectivity index (χ4n) is 2.65. The van der Waals surface area contributed by atoms with Gasteiger partial charge in [0, 0.05) is 10.9 Å². The number of amides is 1. The molecule has 1 aliphatic heterocycles. The first-order valence-corrected chi connectivity index (χ1v) is 8.30. The molecule has 0 bridgehead atoms. The summed E-state index contributed by atoms with van der Waals surface area (Å²) in [7, 11) is -3.03. The number of fused-ring (bicyclic) bond motifs is 1. The third-order valence-electron chi connectivity index (χ3n) is 3.69. The first-order chi connectivity index (χ1) is 9.37. The van der Waals surface area contributed by atoms with Crippen molar-refractivity contribution < 1.29 is 13.2 Å². The average molecular weight is 292 g/mol. The van der Waals surface area contributed by atoms with Crippen LogP contribution in [-0.4, -0.2) is 36.4 Å². The standard InChI is InChI=1S/C14H16N2O3S/c1-14(6-7-20(18,19)9-14)16-13(17)12-8-10-4-2-3-5-11(10)15-12/h2-5,8,15H,6-7,9H2,1H3,(H,16,17). The van der Waals surface area contributed by atoms with Crippen LogP contribution in [0, 0.1) is 0 Å². The van der Waals surface area contributed by atoms with E-state index in [2.05, 4.69) is 10.3 Å². The second-order valence-electron chi connectivity index (χ2n) is 5.63. The molecule has 1 aromatic heterocycles. The van der Waals surface area contributed by atoms with Gasteiger partial charge >= 0.3 is 0 Å². The molecule has 1 unspecified atom stereocenters. The van der Waals surface area contributed by atoms with Crippen LogP contribution in [-0.2, 0) is 9.84 Å². The number of hydrogen-bond donors (Lipinski definition) is 2. The second kappa shape index (κ2) is 4.34. The number of hydrogen-bond acceptors (Lipinski definition) is 3. The van der Waals surface area contributed by atoms with Crippen molar-refractivity contribution in [2.45, 2.75) is 18.9 Å². The predicted octanol–water partition coefficient (Wildman–Crippen LogP) is 1.47. The van der Waals surface area contributed by atoms with Gasteiger partial charge in [0.1, 0.15) is 5.69 Å². The molecule has 2 N–H and O–H groups in total. The fourth-order valence-corrected chi connectivity index (χ4v) is 4.74. The van der Waals surface area contributed by atoms with Crippen LogP contribution in [0.5, 0.6) is 0 Å². The van der Waals surface area contributed by atoms with Crippen LogP contribution in [0.2, 0.25) is 0 Å². The number of H-pyrrole nitrogens is 1. The lowest BCUT2D eigenvalue weighted by Crippen LogP contribution is -2.47. The minimum atomic E-state index is -3.03. The van der Waals surface area contributed by atoms with E-state index in [0.29, 0.717) is 12.1 Å². The van der Waals surface area contributed by atoms with Crippen molar-refractivity contribution in [3.8, 4) is 0 Å². The first kappa shape index (κ1) is 13.2. The molecule has 6 heteroatoms. The predicted molar refractivity (Wildman–Crippen MR) is 77.4 cm³/mol. The fraction of sp³-hybridized carbons (Fsp3) is 0.357. The molecular weight excluding hydrogens is 276 g/mol. The van der Waals surface area contributed by atoms with E-state index in [1.165, 1.54) is 0 Å². The Bertz CT molecular complexity index is 746. The Morgan fingerprint density at radius 2 is 2.10 bits per heavy atom. The lowest BCUT2D eigenvalue weighted by Gasteiger charge is -2.23. The molecule has 5 nitrogen and oxygen atoms in total. The summed E-state index contributed by atoms with van der Waals surface area (Å²) in [5.41, 5.74) is 0.672. The quantitative estimate of drug-likeness (QED) is 0.880. The van der Waals surface area contributed by atoms with Crippen LogP contribution in [0.25, 0.3) is 10.9 Å². The van der Waals surface area contributed by atoms with Crippen molar-refractivity contribution in [3.05, 3.63) is 36.0 Å². The molecule has 1 fully saturated rings. The topological polar surface area (TPSA) is 79.0 Å².